The molecule has 0 aromatic heterocycles. The Hall–Kier alpha value is -1.10. The summed E-state index contributed by atoms with van der Waals surface area (Å²) in [5.74, 6) is -0.111. The average molecular weight is 229 g/mol. The molecular weight excluding hydrogens is 210 g/mol. The van der Waals surface area contributed by atoms with Gasteiger partial charge in [-0.25, -0.2) is 4.79 Å². The van der Waals surface area contributed by atoms with Crippen molar-refractivity contribution in [2.75, 3.05) is 6.61 Å². The molecule has 0 aromatic rings. The van der Waals surface area contributed by atoms with Crippen molar-refractivity contribution in [3.05, 3.63) is 0 Å². The quantitative estimate of drug-likeness (QED) is 0.743. The van der Waals surface area contributed by atoms with Crippen LogP contribution in [0, 0.1) is 5.41 Å². The molecule has 1 aliphatic heterocycles. The summed E-state index contributed by atoms with van der Waals surface area (Å²) in [6.07, 6.45) is -1.12. The molecule has 0 aliphatic carbocycles. The highest BCUT2D eigenvalue weighted by molar-refractivity contribution is 5.91. The molecule has 1 fully saturated rings. The van der Waals surface area contributed by atoms with Gasteiger partial charge in [0.1, 0.15) is 11.8 Å². The van der Waals surface area contributed by atoms with E-state index in [1.54, 1.807) is 34.6 Å². The molecule has 5 nitrogen and oxygen atoms in total. The van der Waals surface area contributed by atoms with Gasteiger partial charge in [0, 0.05) is 5.41 Å². The Morgan fingerprint density at radius 2 is 1.88 bits per heavy atom. The monoisotopic (exact) mass is 229 g/mol. The Bertz CT molecular complexity index is 316. The lowest BCUT2D eigenvalue weighted by atomic mass is 9.86. The summed E-state index contributed by atoms with van der Waals surface area (Å²) < 4.78 is 5.37. The molecule has 1 aliphatic rings. The Balaban J connectivity index is 2.99. The van der Waals surface area contributed by atoms with Crippen LogP contribution in [0.4, 0.5) is 4.79 Å². The molecule has 16 heavy (non-hydrogen) atoms. The lowest BCUT2D eigenvalue weighted by molar-refractivity contribution is -0.131. The maximum atomic E-state index is 12.1. The predicted octanol–water partition coefficient (Wildman–Crippen LogP) is 1.72. The van der Waals surface area contributed by atoms with Crippen LogP contribution in [-0.2, 0) is 9.53 Å². The van der Waals surface area contributed by atoms with Crippen molar-refractivity contribution in [3.8, 4) is 0 Å². The van der Waals surface area contributed by atoms with E-state index in [-0.39, 0.29) is 12.4 Å². The van der Waals surface area contributed by atoms with Gasteiger partial charge in [-0.05, 0) is 13.8 Å². The summed E-state index contributed by atoms with van der Waals surface area (Å²) in [5.41, 5.74) is -1.50. The number of hydrogen-bond acceptors (Lipinski definition) is 3. The first-order valence-corrected chi connectivity index (χ1v) is 5.28. The fourth-order valence-corrected chi connectivity index (χ4v) is 1.86. The molecule has 1 saturated heterocycles. The van der Waals surface area contributed by atoms with Gasteiger partial charge in [-0.15, -0.1) is 0 Å². The molecule has 1 N–H and O–H groups in total. The number of carbonyl (C=O) groups excluding carboxylic acids is 1. The van der Waals surface area contributed by atoms with Crippen LogP contribution >= 0.6 is 0 Å². The lowest BCUT2D eigenvalue weighted by Gasteiger charge is -2.32. The number of nitrogens with zero attached hydrogens (tertiary/aromatic N) is 1. The second kappa shape index (κ2) is 3.73. The molecule has 0 radical (unpaired) electrons. The zero-order chi connectivity index (χ0) is 12.7. The van der Waals surface area contributed by atoms with E-state index >= 15 is 0 Å². The minimum atomic E-state index is -1.12. The van der Waals surface area contributed by atoms with E-state index in [0.29, 0.717) is 0 Å². The molecule has 1 atom stereocenters. The fraction of sp³-hybridized carbons (Fsp3) is 0.818. The lowest BCUT2D eigenvalue weighted by Crippen LogP contribution is -2.52. The number of Topliss-reactive ketones (excluding diaryl/α,β-unsaturated/α-hetero) is 1. The second-order valence-electron chi connectivity index (χ2n) is 5.54. The van der Waals surface area contributed by atoms with Crippen molar-refractivity contribution in [3.63, 3.8) is 0 Å². The molecule has 0 spiro atoms. The average Bonchev–Trinajstić information content (AvgIpc) is 2.37. The van der Waals surface area contributed by atoms with Crippen LogP contribution in [0.5, 0.6) is 0 Å². The minimum Gasteiger partial charge on any atom is -0.465 e. The summed E-state index contributed by atoms with van der Waals surface area (Å²) in [7, 11) is 0. The molecule has 0 aromatic carbocycles. The zero-order valence-corrected chi connectivity index (χ0v) is 10.4. The molecular formula is C11H19NO4. The Morgan fingerprint density at radius 3 is 2.25 bits per heavy atom. The zero-order valence-electron chi connectivity index (χ0n) is 10.4. The van der Waals surface area contributed by atoms with Gasteiger partial charge in [0.25, 0.3) is 0 Å². The molecule has 1 heterocycles. The predicted molar refractivity (Wildman–Crippen MR) is 58.1 cm³/mol. The second-order valence-corrected chi connectivity index (χ2v) is 5.54. The number of hydrogen-bond donors (Lipinski definition) is 1. The highest BCUT2D eigenvalue weighted by atomic mass is 16.5. The standard InChI is InChI=1S/C11H19NO4/c1-10(2,3)8(13)7-6-16-11(4,5)12(7)9(14)15/h7H,6H2,1-5H3,(H,14,15)/t7-/m0/s1. The van der Waals surface area contributed by atoms with Crippen molar-refractivity contribution >= 4 is 11.9 Å². The molecule has 5 heteroatoms. The number of carboxylic acid groups (broad SMARTS) is 1. The third-order valence-electron chi connectivity index (χ3n) is 2.73. The SMILES string of the molecule is CC(C)(C)C(=O)[C@@H]1COC(C)(C)N1C(=O)O. The first kappa shape index (κ1) is 13.0. The summed E-state index contributed by atoms with van der Waals surface area (Å²) in [5, 5.41) is 9.13. The summed E-state index contributed by atoms with van der Waals surface area (Å²) in [6.45, 7) is 8.77. The van der Waals surface area contributed by atoms with Gasteiger partial charge in [0.15, 0.2) is 5.78 Å². The first-order valence-electron chi connectivity index (χ1n) is 5.28. The van der Waals surface area contributed by atoms with E-state index in [0.717, 1.165) is 4.90 Å². The van der Waals surface area contributed by atoms with Gasteiger partial charge >= 0.3 is 6.09 Å². The van der Waals surface area contributed by atoms with E-state index in [2.05, 4.69) is 0 Å². The summed E-state index contributed by atoms with van der Waals surface area (Å²) >= 11 is 0. The Labute approximate surface area is 95.4 Å². The van der Waals surface area contributed by atoms with E-state index in [1.165, 1.54) is 0 Å². The molecule has 0 unspecified atom stereocenters. The summed E-state index contributed by atoms with van der Waals surface area (Å²) in [4.78, 5) is 24.3. The van der Waals surface area contributed by atoms with E-state index < -0.39 is 23.3 Å². The number of rotatable bonds is 1. The van der Waals surface area contributed by atoms with Crippen molar-refractivity contribution in [2.24, 2.45) is 5.41 Å². The number of amides is 1. The van der Waals surface area contributed by atoms with Crippen LogP contribution in [0.25, 0.3) is 0 Å². The van der Waals surface area contributed by atoms with Gasteiger partial charge < -0.3 is 9.84 Å². The van der Waals surface area contributed by atoms with E-state index in [9.17, 15) is 9.59 Å². The Morgan fingerprint density at radius 1 is 1.38 bits per heavy atom. The van der Waals surface area contributed by atoms with Crippen LogP contribution < -0.4 is 0 Å². The van der Waals surface area contributed by atoms with Gasteiger partial charge in [0.05, 0.1) is 6.61 Å². The van der Waals surface area contributed by atoms with E-state index in [4.69, 9.17) is 9.84 Å². The highest BCUT2D eigenvalue weighted by Crippen LogP contribution is 2.31. The third kappa shape index (κ3) is 2.19. The Kier molecular flexibility index (Phi) is 3.02. The van der Waals surface area contributed by atoms with Crippen molar-refractivity contribution in [1.82, 2.24) is 4.90 Å². The molecule has 1 rings (SSSR count). The van der Waals surface area contributed by atoms with Gasteiger partial charge in [-0.1, -0.05) is 20.8 Å². The van der Waals surface area contributed by atoms with Crippen LogP contribution in [0.3, 0.4) is 0 Å². The van der Waals surface area contributed by atoms with Crippen LogP contribution in [0.1, 0.15) is 34.6 Å². The van der Waals surface area contributed by atoms with Crippen LogP contribution in [-0.4, -0.2) is 40.3 Å². The molecule has 0 bridgehead atoms. The molecule has 0 saturated carbocycles. The van der Waals surface area contributed by atoms with E-state index in [1.807, 2.05) is 0 Å². The smallest absolute Gasteiger partial charge is 0.410 e. The summed E-state index contributed by atoms with van der Waals surface area (Å²) in [6, 6.07) is -0.701. The van der Waals surface area contributed by atoms with Crippen LogP contribution in [0.2, 0.25) is 0 Å². The van der Waals surface area contributed by atoms with Gasteiger partial charge in [0.2, 0.25) is 0 Å². The third-order valence-corrected chi connectivity index (χ3v) is 2.73. The van der Waals surface area contributed by atoms with Crippen molar-refractivity contribution < 1.29 is 19.4 Å². The maximum absolute atomic E-state index is 12.1. The number of ketones is 1. The van der Waals surface area contributed by atoms with Gasteiger partial charge in [-0.3, -0.25) is 9.69 Å². The van der Waals surface area contributed by atoms with Gasteiger partial charge in [-0.2, -0.15) is 0 Å². The molecule has 1 amide bonds. The fourth-order valence-electron chi connectivity index (χ4n) is 1.86. The highest BCUT2D eigenvalue weighted by Gasteiger charge is 2.49. The van der Waals surface area contributed by atoms with Crippen molar-refractivity contribution in [2.45, 2.75) is 46.4 Å². The van der Waals surface area contributed by atoms with Crippen molar-refractivity contribution in [1.29, 1.82) is 0 Å². The first-order chi connectivity index (χ1) is 7.07. The largest absolute Gasteiger partial charge is 0.465 e. The number of ether oxygens (including phenoxy) is 1. The topological polar surface area (TPSA) is 66.8 Å². The normalized spacial score (nSPS) is 24.6. The maximum Gasteiger partial charge on any atom is 0.410 e. The number of carbonyl (C=O) groups is 2. The molecule has 92 valence electrons. The van der Waals surface area contributed by atoms with Crippen LogP contribution in [0.15, 0.2) is 0 Å². The minimum absolute atomic E-state index is 0.111.